The minimum Gasteiger partial charge on any atom is -0.338 e. The number of hydrogen-bond donors (Lipinski definition) is 1. The second-order valence-electron chi connectivity index (χ2n) is 5.60. The SMILES string of the molecule is CCc1noc([C@@H](C)N[C@H]2CCCc3c2cnn3CC)n1. The van der Waals surface area contributed by atoms with Gasteiger partial charge in [-0.3, -0.25) is 10.00 Å². The average Bonchev–Trinajstić information content (AvgIpc) is 3.14. The zero-order valence-corrected chi connectivity index (χ0v) is 13.0. The molecule has 2 aromatic rings. The van der Waals surface area contributed by atoms with E-state index in [1.807, 2.05) is 13.1 Å². The zero-order valence-electron chi connectivity index (χ0n) is 13.0. The van der Waals surface area contributed by atoms with Gasteiger partial charge in [-0.2, -0.15) is 10.1 Å². The molecule has 0 saturated carbocycles. The van der Waals surface area contributed by atoms with Crippen molar-refractivity contribution in [1.29, 1.82) is 0 Å². The predicted octanol–water partition coefficient (Wildman–Crippen LogP) is 2.58. The Labute approximate surface area is 124 Å². The van der Waals surface area contributed by atoms with Gasteiger partial charge in [0.05, 0.1) is 12.2 Å². The van der Waals surface area contributed by atoms with Crippen LogP contribution in [0.4, 0.5) is 0 Å². The summed E-state index contributed by atoms with van der Waals surface area (Å²) in [6.45, 7) is 7.17. The molecule has 0 aliphatic heterocycles. The van der Waals surface area contributed by atoms with Gasteiger partial charge in [-0.25, -0.2) is 0 Å². The molecule has 2 aromatic heterocycles. The topological polar surface area (TPSA) is 68.8 Å². The number of rotatable bonds is 5. The summed E-state index contributed by atoms with van der Waals surface area (Å²) < 4.78 is 7.44. The van der Waals surface area contributed by atoms with Gasteiger partial charge in [-0.05, 0) is 33.1 Å². The summed E-state index contributed by atoms with van der Waals surface area (Å²) in [6, 6.07) is 0.375. The van der Waals surface area contributed by atoms with Crippen LogP contribution >= 0.6 is 0 Å². The Bertz CT molecular complexity index is 603. The van der Waals surface area contributed by atoms with Gasteiger partial charge in [-0.15, -0.1) is 0 Å². The lowest BCUT2D eigenvalue weighted by Crippen LogP contribution is -2.28. The molecule has 114 valence electrons. The van der Waals surface area contributed by atoms with Crippen molar-refractivity contribution in [3.8, 4) is 0 Å². The number of nitrogens with one attached hydrogen (secondary N) is 1. The van der Waals surface area contributed by atoms with Crippen LogP contribution in [-0.2, 0) is 19.4 Å². The number of aromatic nitrogens is 4. The van der Waals surface area contributed by atoms with Gasteiger partial charge in [0.25, 0.3) is 0 Å². The molecule has 0 fully saturated rings. The van der Waals surface area contributed by atoms with Gasteiger partial charge in [-0.1, -0.05) is 12.1 Å². The van der Waals surface area contributed by atoms with E-state index < -0.39 is 0 Å². The maximum absolute atomic E-state index is 5.33. The van der Waals surface area contributed by atoms with Gasteiger partial charge in [0.1, 0.15) is 0 Å². The fourth-order valence-electron chi connectivity index (χ4n) is 3.02. The molecule has 2 atom stereocenters. The highest BCUT2D eigenvalue weighted by molar-refractivity contribution is 5.25. The molecule has 0 radical (unpaired) electrons. The van der Waals surface area contributed by atoms with E-state index in [-0.39, 0.29) is 6.04 Å². The van der Waals surface area contributed by atoms with Crippen LogP contribution < -0.4 is 5.32 Å². The maximum atomic E-state index is 5.33. The molecule has 0 bridgehead atoms. The van der Waals surface area contributed by atoms with Crippen LogP contribution in [0.3, 0.4) is 0 Å². The minimum atomic E-state index is 0.0544. The lowest BCUT2D eigenvalue weighted by Gasteiger charge is -2.26. The second kappa shape index (κ2) is 5.97. The standard InChI is InChI=1S/C15H23N5O/c1-4-14-18-15(21-19-14)10(3)17-12-7-6-8-13-11(12)9-16-20(13)5-2/h9-10,12,17H,4-8H2,1-3H3/t10-,12+/m1/s1. The summed E-state index contributed by atoms with van der Waals surface area (Å²) in [5, 5.41) is 12.1. The van der Waals surface area contributed by atoms with Crippen molar-refractivity contribution in [3.05, 3.63) is 29.2 Å². The molecule has 6 nitrogen and oxygen atoms in total. The Balaban J connectivity index is 1.75. The number of fused-ring (bicyclic) bond motifs is 1. The quantitative estimate of drug-likeness (QED) is 0.916. The Hall–Kier alpha value is -1.69. The maximum Gasteiger partial charge on any atom is 0.243 e. The van der Waals surface area contributed by atoms with E-state index in [0.29, 0.717) is 11.9 Å². The molecular formula is C15H23N5O. The first-order chi connectivity index (χ1) is 10.2. The fourth-order valence-corrected chi connectivity index (χ4v) is 3.02. The summed E-state index contributed by atoms with van der Waals surface area (Å²) in [5.74, 6) is 1.43. The molecule has 6 heteroatoms. The average molecular weight is 289 g/mol. The number of aryl methyl sites for hydroxylation is 2. The molecule has 0 aromatic carbocycles. The first-order valence-electron chi connectivity index (χ1n) is 7.86. The van der Waals surface area contributed by atoms with Crippen molar-refractivity contribution in [2.45, 2.75) is 65.1 Å². The highest BCUT2D eigenvalue weighted by Crippen LogP contribution is 2.31. The first-order valence-corrected chi connectivity index (χ1v) is 7.86. The van der Waals surface area contributed by atoms with Gasteiger partial charge in [0.15, 0.2) is 5.82 Å². The Morgan fingerprint density at radius 3 is 3.05 bits per heavy atom. The van der Waals surface area contributed by atoms with E-state index in [1.165, 1.54) is 17.7 Å². The largest absolute Gasteiger partial charge is 0.338 e. The Morgan fingerprint density at radius 2 is 2.33 bits per heavy atom. The van der Waals surface area contributed by atoms with Crippen LogP contribution in [0.5, 0.6) is 0 Å². The smallest absolute Gasteiger partial charge is 0.243 e. The van der Waals surface area contributed by atoms with E-state index in [4.69, 9.17) is 4.52 Å². The summed E-state index contributed by atoms with van der Waals surface area (Å²) in [5.41, 5.74) is 2.69. The molecule has 3 rings (SSSR count). The van der Waals surface area contributed by atoms with E-state index in [9.17, 15) is 0 Å². The lowest BCUT2D eigenvalue weighted by atomic mass is 9.92. The second-order valence-corrected chi connectivity index (χ2v) is 5.60. The van der Waals surface area contributed by atoms with Crippen LogP contribution in [0.2, 0.25) is 0 Å². The van der Waals surface area contributed by atoms with Gasteiger partial charge in [0, 0.05) is 30.3 Å². The van der Waals surface area contributed by atoms with Crippen molar-refractivity contribution >= 4 is 0 Å². The number of nitrogens with zero attached hydrogens (tertiary/aromatic N) is 4. The fraction of sp³-hybridized carbons (Fsp3) is 0.667. The first kappa shape index (κ1) is 14.3. The molecule has 0 amide bonds. The van der Waals surface area contributed by atoms with Crippen molar-refractivity contribution in [3.63, 3.8) is 0 Å². The third-order valence-corrected chi connectivity index (χ3v) is 4.18. The van der Waals surface area contributed by atoms with Gasteiger partial charge < -0.3 is 4.52 Å². The normalized spacial score (nSPS) is 19.5. The molecular weight excluding hydrogens is 266 g/mol. The Kier molecular flexibility index (Phi) is 4.05. The van der Waals surface area contributed by atoms with Crippen LogP contribution in [0.25, 0.3) is 0 Å². The summed E-state index contributed by atoms with van der Waals surface area (Å²) in [4.78, 5) is 4.41. The molecule has 0 saturated heterocycles. The highest BCUT2D eigenvalue weighted by Gasteiger charge is 2.26. The van der Waals surface area contributed by atoms with Crippen LogP contribution in [0.15, 0.2) is 10.7 Å². The van der Waals surface area contributed by atoms with Gasteiger partial charge >= 0.3 is 0 Å². The minimum absolute atomic E-state index is 0.0544. The molecule has 21 heavy (non-hydrogen) atoms. The number of hydrogen-bond acceptors (Lipinski definition) is 5. The van der Waals surface area contributed by atoms with E-state index in [1.54, 1.807) is 0 Å². The van der Waals surface area contributed by atoms with E-state index >= 15 is 0 Å². The van der Waals surface area contributed by atoms with Crippen LogP contribution in [0, 0.1) is 0 Å². The molecule has 1 aliphatic rings. The third kappa shape index (κ3) is 2.72. The molecule has 0 spiro atoms. The third-order valence-electron chi connectivity index (χ3n) is 4.18. The van der Waals surface area contributed by atoms with Crippen molar-refractivity contribution in [2.24, 2.45) is 0 Å². The molecule has 0 unspecified atom stereocenters. The predicted molar refractivity (Wildman–Crippen MR) is 78.8 cm³/mol. The molecule has 1 N–H and O–H groups in total. The van der Waals surface area contributed by atoms with Crippen molar-refractivity contribution in [2.75, 3.05) is 0 Å². The summed E-state index contributed by atoms with van der Waals surface area (Å²) in [7, 11) is 0. The summed E-state index contributed by atoms with van der Waals surface area (Å²) >= 11 is 0. The highest BCUT2D eigenvalue weighted by atomic mass is 16.5. The van der Waals surface area contributed by atoms with Crippen molar-refractivity contribution < 1.29 is 4.52 Å². The monoisotopic (exact) mass is 289 g/mol. The zero-order chi connectivity index (χ0) is 14.8. The van der Waals surface area contributed by atoms with Gasteiger partial charge in [0.2, 0.25) is 5.89 Å². The van der Waals surface area contributed by atoms with E-state index in [2.05, 4.69) is 39.1 Å². The van der Waals surface area contributed by atoms with Crippen LogP contribution in [0.1, 0.15) is 68.7 Å². The van der Waals surface area contributed by atoms with Crippen LogP contribution in [-0.4, -0.2) is 19.9 Å². The molecule has 1 aliphatic carbocycles. The summed E-state index contributed by atoms with van der Waals surface area (Å²) in [6.07, 6.45) is 6.24. The van der Waals surface area contributed by atoms with Crippen molar-refractivity contribution in [1.82, 2.24) is 25.2 Å². The Morgan fingerprint density at radius 1 is 1.48 bits per heavy atom. The van der Waals surface area contributed by atoms with E-state index in [0.717, 1.165) is 31.6 Å². The lowest BCUT2D eigenvalue weighted by molar-refractivity contribution is 0.312. The molecule has 2 heterocycles.